The van der Waals surface area contributed by atoms with Crippen molar-refractivity contribution in [2.75, 3.05) is 26.9 Å². The van der Waals surface area contributed by atoms with Gasteiger partial charge in [-0.25, -0.2) is 0 Å². The van der Waals surface area contributed by atoms with Gasteiger partial charge in [0.1, 0.15) is 5.75 Å². The Hall–Kier alpha value is -1.10. The van der Waals surface area contributed by atoms with E-state index in [1.54, 1.807) is 7.11 Å². The molecule has 0 aromatic heterocycles. The smallest absolute Gasteiger partial charge is 0.124 e. The molecule has 3 unspecified atom stereocenters. The summed E-state index contributed by atoms with van der Waals surface area (Å²) in [6, 6.07) is 4.87. The molecule has 134 valence electrons. The van der Waals surface area contributed by atoms with Crippen LogP contribution in [0.5, 0.6) is 5.75 Å². The van der Waals surface area contributed by atoms with Crippen molar-refractivity contribution >= 4 is 0 Å². The number of hydrogen-bond acceptors (Lipinski definition) is 4. The number of likely N-dealkylation sites (tertiary alicyclic amines) is 1. The predicted octanol–water partition coefficient (Wildman–Crippen LogP) is 3.06. The van der Waals surface area contributed by atoms with Crippen LogP contribution in [-0.2, 0) is 11.3 Å². The van der Waals surface area contributed by atoms with Gasteiger partial charge in [-0.3, -0.25) is 4.90 Å². The monoisotopic (exact) mass is 333 g/mol. The summed E-state index contributed by atoms with van der Waals surface area (Å²) in [4.78, 5) is 2.54. The Balaban J connectivity index is 1.77. The Labute approximate surface area is 145 Å². The molecule has 3 atom stereocenters. The van der Waals surface area contributed by atoms with Gasteiger partial charge in [0.2, 0.25) is 0 Å². The number of ether oxygens (including phenoxy) is 2. The lowest BCUT2D eigenvalue weighted by atomic mass is 9.79. The van der Waals surface area contributed by atoms with E-state index >= 15 is 0 Å². The van der Waals surface area contributed by atoms with E-state index in [0.717, 1.165) is 31.7 Å². The first-order valence-corrected chi connectivity index (χ1v) is 9.10. The first kappa shape index (κ1) is 17.7. The third kappa shape index (κ3) is 3.46. The summed E-state index contributed by atoms with van der Waals surface area (Å²) >= 11 is 0. The van der Waals surface area contributed by atoms with E-state index in [-0.39, 0.29) is 5.92 Å². The van der Waals surface area contributed by atoms with E-state index in [1.807, 2.05) is 6.92 Å². The molecule has 2 aliphatic rings. The third-order valence-corrected chi connectivity index (χ3v) is 5.84. The molecule has 1 aromatic carbocycles. The molecule has 0 saturated carbocycles. The summed E-state index contributed by atoms with van der Waals surface area (Å²) < 4.78 is 11.2. The summed E-state index contributed by atoms with van der Waals surface area (Å²) in [5, 5.41) is 10.8. The number of nitrogens with zero attached hydrogens (tertiary/aromatic N) is 1. The van der Waals surface area contributed by atoms with Gasteiger partial charge >= 0.3 is 0 Å². The molecule has 0 radical (unpaired) electrons. The zero-order valence-corrected chi connectivity index (χ0v) is 15.5. The quantitative estimate of drug-likeness (QED) is 0.919. The normalized spacial score (nSPS) is 31.4. The lowest BCUT2D eigenvalue weighted by Gasteiger charge is -2.43. The standard InChI is InChI=1S/C20H31NO3/c1-14-10-16(11-15(2)19(14)23-4)12-21-8-5-6-18(21)17-13-24-9-7-20(17,3)22/h10-11,17-18,22H,5-9,12-13H2,1-4H3. The zero-order chi connectivity index (χ0) is 17.3. The second-order valence-corrected chi connectivity index (χ2v) is 7.73. The van der Waals surface area contributed by atoms with Crippen LogP contribution in [0, 0.1) is 19.8 Å². The molecule has 2 aliphatic heterocycles. The second-order valence-electron chi connectivity index (χ2n) is 7.73. The van der Waals surface area contributed by atoms with Crippen LogP contribution in [0.3, 0.4) is 0 Å². The molecule has 24 heavy (non-hydrogen) atoms. The molecule has 0 bridgehead atoms. The molecule has 1 N–H and O–H groups in total. The zero-order valence-electron chi connectivity index (χ0n) is 15.5. The lowest BCUT2D eigenvalue weighted by molar-refractivity contribution is -0.123. The van der Waals surface area contributed by atoms with Crippen LogP contribution in [-0.4, -0.2) is 48.5 Å². The first-order chi connectivity index (χ1) is 11.4. The fraction of sp³-hybridized carbons (Fsp3) is 0.700. The van der Waals surface area contributed by atoms with Crippen LogP contribution in [0.15, 0.2) is 12.1 Å². The topological polar surface area (TPSA) is 41.9 Å². The summed E-state index contributed by atoms with van der Waals surface area (Å²) in [6.45, 7) is 9.58. The predicted molar refractivity (Wildman–Crippen MR) is 95.4 cm³/mol. The molecule has 4 heteroatoms. The highest BCUT2D eigenvalue weighted by atomic mass is 16.5. The molecule has 2 fully saturated rings. The number of methoxy groups -OCH3 is 1. The molecular weight excluding hydrogens is 302 g/mol. The fourth-order valence-electron chi connectivity index (χ4n) is 4.57. The van der Waals surface area contributed by atoms with E-state index < -0.39 is 5.60 Å². The SMILES string of the molecule is COc1c(C)cc(CN2CCCC2C2COCCC2(C)O)cc1C. The Kier molecular flexibility index (Phi) is 5.19. The summed E-state index contributed by atoms with van der Waals surface area (Å²) in [7, 11) is 1.73. The molecule has 0 spiro atoms. The highest BCUT2D eigenvalue weighted by Crippen LogP contribution is 2.37. The van der Waals surface area contributed by atoms with Gasteiger partial charge in [-0.05, 0) is 63.3 Å². The van der Waals surface area contributed by atoms with Crippen molar-refractivity contribution in [3.05, 3.63) is 28.8 Å². The van der Waals surface area contributed by atoms with Crippen LogP contribution >= 0.6 is 0 Å². The Morgan fingerprint density at radius 2 is 2.04 bits per heavy atom. The number of hydrogen-bond donors (Lipinski definition) is 1. The van der Waals surface area contributed by atoms with Gasteiger partial charge in [0, 0.05) is 25.1 Å². The maximum absolute atomic E-state index is 10.8. The highest BCUT2D eigenvalue weighted by molar-refractivity contribution is 5.43. The second kappa shape index (κ2) is 7.03. The van der Waals surface area contributed by atoms with Crippen molar-refractivity contribution in [1.29, 1.82) is 0 Å². The molecule has 1 aromatic rings. The Morgan fingerprint density at radius 1 is 1.33 bits per heavy atom. The van der Waals surface area contributed by atoms with E-state index in [0.29, 0.717) is 19.3 Å². The van der Waals surface area contributed by atoms with E-state index in [4.69, 9.17) is 9.47 Å². The maximum atomic E-state index is 10.8. The average Bonchev–Trinajstić information content (AvgIpc) is 2.94. The minimum atomic E-state index is -0.614. The van der Waals surface area contributed by atoms with Crippen LogP contribution in [0.25, 0.3) is 0 Å². The van der Waals surface area contributed by atoms with Gasteiger partial charge in [0.05, 0.1) is 19.3 Å². The van der Waals surface area contributed by atoms with Crippen molar-refractivity contribution < 1.29 is 14.6 Å². The molecule has 0 amide bonds. The first-order valence-electron chi connectivity index (χ1n) is 9.10. The van der Waals surface area contributed by atoms with Gasteiger partial charge in [0.25, 0.3) is 0 Å². The van der Waals surface area contributed by atoms with E-state index in [9.17, 15) is 5.11 Å². The molecule has 3 rings (SSSR count). The molecular formula is C20H31NO3. The fourth-order valence-corrected chi connectivity index (χ4v) is 4.57. The average molecular weight is 333 g/mol. The Morgan fingerprint density at radius 3 is 2.67 bits per heavy atom. The van der Waals surface area contributed by atoms with E-state index in [2.05, 4.69) is 30.9 Å². The largest absolute Gasteiger partial charge is 0.496 e. The van der Waals surface area contributed by atoms with Gasteiger partial charge < -0.3 is 14.6 Å². The summed E-state index contributed by atoms with van der Waals surface area (Å²) in [6.07, 6.45) is 3.09. The number of benzene rings is 1. The number of aryl methyl sites for hydroxylation is 2. The van der Waals surface area contributed by atoms with Crippen LogP contribution in [0.1, 0.15) is 42.9 Å². The molecule has 4 nitrogen and oxygen atoms in total. The molecule has 2 heterocycles. The molecule has 2 saturated heterocycles. The third-order valence-electron chi connectivity index (χ3n) is 5.84. The lowest BCUT2D eigenvalue weighted by Crippen LogP contribution is -2.52. The van der Waals surface area contributed by atoms with Gasteiger partial charge in [-0.1, -0.05) is 12.1 Å². The Bertz CT molecular complexity index is 561. The van der Waals surface area contributed by atoms with Crippen molar-refractivity contribution in [1.82, 2.24) is 4.90 Å². The van der Waals surface area contributed by atoms with Crippen LogP contribution in [0.2, 0.25) is 0 Å². The van der Waals surface area contributed by atoms with Crippen molar-refractivity contribution in [3.8, 4) is 5.75 Å². The van der Waals surface area contributed by atoms with Crippen LogP contribution in [0.4, 0.5) is 0 Å². The van der Waals surface area contributed by atoms with Crippen molar-refractivity contribution in [3.63, 3.8) is 0 Å². The summed E-state index contributed by atoms with van der Waals surface area (Å²) in [5.41, 5.74) is 3.10. The van der Waals surface area contributed by atoms with Crippen LogP contribution < -0.4 is 4.74 Å². The summed E-state index contributed by atoms with van der Waals surface area (Å²) in [5.74, 6) is 1.19. The molecule has 0 aliphatic carbocycles. The maximum Gasteiger partial charge on any atom is 0.124 e. The van der Waals surface area contributed by atoms with Crippen molar-refractivity contribution in [2.45, 2.75) is 58.2 Å². The number of aliphatic hydroxyl groups is 1. The van der Waals surface area contributed by atoms with Gasteiger partial charge in [-0.15, -0.1) is 0 Å². The van der Waals surface area contributed by atoms with Crippen molar-refractivity contribution in [2.24, 2.45) is 5.92 Å². The van der Waals surface area contributed by atoms with Gasteiger partial charge in [0.15, 0.2) is 0 Å². The minimum Gasteiger partial charge on any atom is -0.496 e. The number of rotatable bonds is 4. The van der Waals surface area contributed by atoms with Gasteiger partial charge in [-0.2, -0.15) is 0 Å². The highest BCUT2D eigenvalue weighted by Gasteiger charge is 2.43. The van der Waals surface area contributed by atoms with E-state index in [1.165, 1.54) is 23.1 Å². The minimum absolute atomic E-state index is 0.203.